The molecule has 17 heavy (non-hydrogen) atoms. The largest absolute Gasteiger partial charge is 0.394 e. The van der Waals surface area contributed by atoms with Crippen molar-refractivity contribution >= 4 is 5.69 Å². The molecule has 0 heterocycles. The Hall–Kier alpha value is -1.13. The standard InChI is InChI=1S/C13H21FN2O/c1-9(15)10-5-6-12(11(14)7-10)16(4)13(2,3)8-17/h5-7,9,17H,8,15H2,1-4H3/t9-/m1/s1. The maximum atomic E-state index is 13.9. The van der Waals surface area contributed by atoms with E-state index in [1.54, 1.807) is 18.0 Å². The molecule has 1 aromatic rings. The van der Waals surface area contributed by atoms with Crippen LogP contribution in [0.5, 0.6) is 0 Å². The quantitative estimate of drug-likeness (QED) is 0.847. The van der Waals surface area contributed by atoms with Crippen LogP contribution in [0.15, 0.2) is 18.2 Å². The average Bonchev–Trinajstić information content (AvgIpc) is 2.27. The Labute approximate surface area is 102 Å². The van der Waals surface area contributed by atoms with E-state index in [0.717, 1.165) is 5.56 Å². The zero-order chi connectivity index (χ0) is 13.2. The van der Waals surface area contributed by atoms with Gasteiger partial charge in [0, 0.05) is 13.1 Å². The van der Waals surface area contributed by atoms with E-state index in [4.69, 9.17) is 5.73 Å². The number of aliphatic hydroxyl groups is 1. The summed E-state index contributed by atoms with van der Waals surface area (Å²) in [7, 11) is 1.76. The molecule has 1 atom stereocenters. The predicted molar refractivity (Wildman–Crippen MR) is 68.6 cm³/mol. The summed E-state index contributed by atoms with van der Waals surface area (Å²) in [6.07, 6.45) is 0. The molecule has 1 aromatic carbocycles. The maximum Gasteiger partial charge on any atom is 0.146 e. The Morgan fingerprint density at radius 2 is 2.06 bits per heavy atom. The highest BCUT2D eigenvalue weighted by Gasteiger charge is 2.24. The van der Waals surface area contributed by atoms with Crippen molar-refractivity contribution in [1.29, 1.82) is 0 Å². The SMILES string of the molecule is C[C@@H](N)c1ccc(N(C)C(C)(C)CO)c(F)c1. The van der Waals surface area contributed by atoms with Crippen LogP contribution in [0.2, 0.25) is 0 Å². The number of rotatable bonds is 4. The van der Waals surface area contributed by atoms with Crippen LogP contribution in [0.3, 0.4) is 0 Å². The van der Waals surface area contributed by atoms with Crippen LogP contribution in [0.1, 0.15) is 32.4 Å². The van der Waals surface area contributed by atoms with Crippen LogP contribution in [-0.4, -0.2) is 24.3 Å². The third-order valence-corrected chi connectivity index (χ3v) is 3.15. The van der Waals surface area contributed by atoms with Crippen molar-refractivity contribution < 1.29 is 9.50 Å². The summed E-state index contributed by atoms with van der Waals surface area (Å²) in [5.74, 6) is -0.316. The molecule has 0 fully saturated rings. The monoisotopic (exact) mass is 240 g/mol. The van der Waals surface area contributed by atoms with Crippen LogP contribution in [0.4, 0.5) is 10.1 Å². The molecule has 3 N–H and O–H groups in total. The van der Waals surface area contributed by atoms with Crippen molar-refractivity contribution in [1.82, 2.24) is 0 Å². The molecule has 0 bridgehead atoms. The van der Waals surface area contributed by atoms with Crippen molar-refractivity contribution in [2.45, 2.75) is 32.4 Å². The van der Waals surface area contributed by atoms with Gasteiger partial charge in [-0.2, -0.15) is 0 Å². The maximum absolute atomic E-state index is 13.9. The van der Waals surface area contributed by atoms with Gasteiger partial charge in [0.05, 0.1) is 17.8 Å². The second-order valence-corrected chi connectivity index (χ2v) is 5.03. The fourth-order valence-electron chi connectivity index (χ4n) is 1.51. The predicted octanol–water partition coefficient (Wildman–Crippen LogP) is 2.05. The molecule has 3 nitrogen and oxygen atoms in total. The van der Waals surface area contributed by atoms with E-state index < -0.39 is 5.54 Å². The van der Waals surface area contributed by atoms with Crippen LogP contribution < -0.4 is 10.6 Å². The molecule has 0 radical (unpaired) electrons. The topological polar surface area (TPSA) is 49.5 Å². The molecule has 0 aromatic heterocycles. The summed E-state index contributed by atoms with van der Waals surface area (Å²) >= 11 is 0. The lowest BCUT2D eigenvalue weighted by Gasteiger charge is -2.36. The first kappa shape index (κ1) is 13.9. The second-order valence-electron chi connectivity index (χ2n) is 5.03. The first-order chi connectivity index (χ1) is 7.79. The number of nitrogens with zero attached hydrogens (tertiary/aromatic N) is 1. The molecule has 0 spiro atoms. The zero-order valence-corrected chi connectivity index (χ0v) is 10.9. The highest BCUT2D eigenvalue weighted by atomic mass is 19.1. The molecule has 0 saturated heterocycles. The van der Waals surface area contributed by atoms with Crippen LogP contribution >= 0.6 is 0 Å². The first-order valence-corrected chi connectivity index (χ1v) is 5.69. The molecule has 0 saturated carbocycles. The van der Waals surface area contributed by atoms with Crippen molar-refractivity contribution in [2.24, 2.45) is 5.73 Å². The summed E-state index contributed by atoms with van der Waals surface area (Å²) in [5, 5.41) is 9.28. The van der Waals surface area contributed by atoms with Gasteiger partial charge in [-0.25, -0.2) is 4.39 Å². The molecule has 0 unspecified atom stereocenters. The number of benzene rings is 1. The Bertz CT molecular complexity index is 391. The first-order valence-electron chi connectivity index (χ1n) is 5.69. The van der Waals surface area contributed by atoms with Crippen molar-refractivity contribution in [3.05, 3.63) is 29.6 Å². The number of hydrogen-bond acceptors (Lipinski definition) is 3. The van der Waals surface area contributed by atoms with Gasteiger partial charge in [0.1, 0.15) is 5.82 Å². The molecule has 0 amide bonds. The van der Waals surface area contributed by atoms with Crippen molar-refractivity contribution in [2.75, 3.05) is 18.6 Å². The normalized spacial score (nSPS) is 13.6. The number of hydrogen-bond donors (Lipinski definition) is 2. The zero-order valence-electron chi connectivity index (χ0n) is 10.9. The number of nitrogens with two attached hydrogens (primary N) is 1. The molecule has 4 heteroatoms. The number of anilines is 1. The van der Waals surface area contributed by atoms with E-state index in [0.29, 0.717) is 5.69 Å². The van der Waals surface area contributed by atoms with E-state index in [2.05, 4.69) is 0 Å². The average molecular weight is 240 g/mol. The third kappa shape index (κ3) is 2.96. The Balaban J connectivity index is 3.08. The minimum absolute atomic E-state index is 0.0437. The molecule has 96 valence electrons. The number of aliphatic hydroxyl groups excluding tert-OH is 1. The fourth-order valence-corrected chi connectivity index (χ4v) is 1.51. The van der Waals surface area contributed by atoms with Gasteiger partial charge in [-0.15, -0.1) is 0 Å². The van der Waals surface area contributed by atoms with Crippen LogP contribution in [0, 0.1) is 5.82 Å². The molecule has 0 aliphatic rings. The van der Waals surface area contributed by atoms with Gasteiger partial charge in [-0.3, -0.25) is 0 Å². The molecular weight excluding hydrogens is 219 g/mol. The Kier molecular flexibility index (Phi) is 4.11. The van der Waals surface area contributed by atoms with Crippen molar-refractivity contribution in [3.63, 3.8) is 0 Å². The van der Waals surface area contributed by atoms with Gasteiger partial charge in [0.2, 0.25) is 0 Å². The lowest BCUT2D eigenvalue weighted by atomic mass is 10.0. The Morgan fingerprint density at radius 1 is 1.47 bits per heavy atom. The van der Waals surface area contributed by atoms with Gasteiger partial charge in [0.25, 0.3) is 0 Å². The van der Waals surface area contributed by atoms with Gasteiger partial charge < -0.3 is 15.7 Å². The van der Waals surface area contributed by atoms with Gasteiger partial charge in [-0.1, -0.05) is 6.07 Å². The highest BCUT2D eigenvalue weighted by molar-refractivity contribution is 5.51. The minimum atomic E-state index is -0.503. The van der Waals surface area contributed by atoms with Crippen LogP contribution in [0.25, 0.3) is 0 Å². The molecular formula is C13H21FN2O. The van der Waals surface area contributed by atoms with E-state index in [1.165, 1.54) is 6.07 Å². The third-order valence-electron chi connectivity index (χ3n) is 3.15. The lowest BCUT2D eigenvalue weighted by molar-refractivity contribution is 0.215. The highest BCUT2D eigenvalue weighted by Crippen LogP contribution is 2.26. The number of halogens is 1. The van der Waals surface area contributed by atoms with E-state index in [9.17, 15) is 9.50 Å². The van der Waals surface area contributed by atoms with Gasteiger partial charge in [0.15, 0.2) is 0 Å². The van der Waals surface area contributed by atoms with Gasteiger partial charge >= 0.3 is 0 Å². The second kappa shape index (κ2) is 5.02. The lowest BCUT2D eigenvalue weighted by Crippen LogP contribution is -2.44. The summed E-state index contributed by atoms with van der Waals surface area (Å²) in [6.45, 7) is 5.48. The molecule has 1 rings (SSSR count). The summed E-state index contributed by atoms with van der Waals surface area (Å²) < 4.78 is 13.9. The number of likely N-dealkylation sites (N-methyl/N-ethyl adjacent to an activating group) is 1. The van der Waals surface area contributed by atoms with Crippen molar-refractivity contribution in [3.8, 4) is 0 Å². The Morgan fingerprint density at radius 3 is 2.47 bits per heavy atom. The minimum Gasteiger partial charge on any atom is -0.394 e. The van der Waals surface area contributed by atoms with E-state index in [-0.39, 0.29) is 18.5 Å². The van der Waals surface area contributed by atoms with E-state index >= 15 is 0 Å². The molecule has 0 aliphatic carbocycles. The summed E-state index contributed by atoms with van der Waals surface area (Å²) in [4.78, 5) is 1.73. The summed E-state index contributed by atoms with van der Waals surface area (Å²) in [5.41, 5.74) is 6.43. The van der Waals surface area contributed by atoms with E-state index in [1.807, 2.05) is 26.8 Å². The fraction of sp³-hybridized carbons (Fsp3) is 0.538. The molecule has 0 aliphatic heterocycles. The summed E-state index contributed by atoms with van der Waals surface area (Å²) in [6, 6.07) is 4.78. The smallest absolute Gasteiger partial charge is 0.146 e. The van der Waals surface area contributed by atoms with Gasteiger partial charge in [-0.05, 0) is 38.5 Å². The van der Waals surface area contributed by atoms with Crippen LogP contribution in [-0.2, 0) is 0 Å².